The summed E-state index contributed by atoms with van der Waals surface area (Å²) in [5.74, 6) is -0.171. The molecule has 9 heteroatoms. The summed E-state index contributed by atoms with van der Waals surface area (Å²) in [6.45, 7) is 10.4. The number of methoxy groups -OCH3 is 1. The van der Waals surface area contributed by atoms with Crippen LogP contribution in [0, 0.1) is 5.41 Å². The third-order valence-electron chi connectivity index (χ3n) is 6.45. The van der Waals surface area contributed by atoms with Crippen molar-refractivity contribution < 1.29 is 23.9 Å². The lowest BCUT2D eigenvalue weighted by atomic mass is 9.91. The minimum Gasteiger partial charge on any atom is -0.376 e. The average molecular weight is 453 g/mol. The smallest absolute Gasteiger partial charge is 0.249 e. The van der Waals surface area contributed by atoms with E-state index in [1.165, 1.54) is 7.11 Å². The third-order valence-corrected chi connectivity index (χ3v) is 6.45. The number of ether oxygens (including phenoxy) is 2. The van der Waals surface area contributed by atoms with Crippen molar-refractivity contribution in [2.75, 3.05) is 59.6 Å². The standard InChI is InChI=1S/C23H40N4O5/c1-23(2,3)13-20(28)26(15-18-6-5-11-32-18)17-12-19(27(14-17)21(29)16-31-4)22(30)25-9-7-24-8-10-25/h17-19,24H,5-16H2,1-4H3. The van der Waals surface area contributed by atoms with E-state index in [1.807, 2.05) is 9.80 Å². The zero-order chi connectivity index (χ0) is 23.3. The number of carbonyl (C=O) groups is 3. The number of rotatable bonds is 7. The number of likely N-dealkylation sites (tertiary alicyclic amines) is 1. The van der Waals surface area contributed by atoms with Gasteiger partial charge in [-0.25, -0.2) is 0 Å². The molecule has 0 saturated carbocycles. The van der Waals surface area contributed by atoms with E-state index in [0.29, 0.717) is 39.0 Å². The molecule has 3 aliphatic rings. The first-order valence-corrected chi connectivity index (χ1v) is 11.9. The van der Waals surface area contributed by atoms with Crippen molar-refractivity contribution in [3.05, 3.63) is 0 Å². The molecule has 0 aromatic carbocycles. The Hall–Kier alpha value is -1.71. The zero-order valence-corrected chi connectivity index (χ0v) is 20.1. The maximum Gasteiger partial charge on any atom is 0.249 e. The molecular formula is C23H40N4O5. The van der Waals surface area contributed by atoms with Crippen molar-refractivity contribution >= 4 is 17.7 Å². The topological polar surface area (TPSA) is 91.4 Å². The highest BCUT2D eigenvalue weighted by Crippen LogP contribution is 2.29. The Morgan fingerprint density at radius 2 is 1.91 bits per heavy atom. The van der Waals surface area contributed by atoms with Gasteiger partial charge < -0.3 is 29.5 Å². The molecule has 3 saturated heterocycles. The van der Waals surface area contributed by atoms with E-state index in [2.05, 4.69) is 26.1 Å². The monoisotopic (exact) mass is 452 g/mol. The molecule has 3 amide bonds. The Morgan fingerprint density at radius 3 is 2.50 bits per heavy atom. The molecule has 0 aromatic heterocycles. The summed E-state index contributed by atoms with van der Waals surface area (Å²) in [4.78, 5) is 44.9. The van der Waals surface area contributed by atoms with Gasteiger partial charge in [0, 0.05) is 59.4 Å². The maximum atomic E-state index is 13.4. The minimum atomic E-state index is -0.560. The summed E-state index contributed by atoms with van der Waals surface area (Å²) in [5.41, 5.74) is -0.147. The second kappa shape index (κ2) is 10.9. The van der Waals surface area contributed by atoms with E-state index in [4.69, 9.17) is 9.47 Å². The molecule has 0 radical (unpaired) electrons. The van der Waals surface area contributed by atoms with E-state index < -0.39 is 6.04 Å². The second-order valence-electron chi connectivity index (χ2n) is 10.4. The fourth-order valence-corrected chi connectivity index (χ4v) is 4.87. The SMILES string of the molecule is COCC(=O)N1CC(N(CC2CCCO2)C(=O)CC(C)(C)C)CC1C(=O)N1CCNCC1. The first-order chi connectivity index (χ1) is 15.2. The number of nitrogens with one attached hydrogen (secondary N) is 1. The molecule has 9 nitrogen and oxygen atoms in total. The summed E-state index contributed by atoms with van der Waals surface area (Å²) in [6, 6.07) is -0.762. The number of amides is 3. The molecule has 32 heavy (non-hydrogen) atoms. The summed E-state index contributed by atoms with van der Waals surface area (Å²) < 4.78 is 10.9. The number of hydrogen-bond donors (Lipinski definition) is 1. The van der Waals surface area contributed by atoms with Crippen LogP contribution in [0.4, 0.5) is 0 Å². The highest BCUT2D eigenvalue weighted by Gasteiger charge is 2.45. The number of hydrogen-bond acceptors (Lipinski definition) is 6. The first-order valence-electron chi connectivity index (χ1n) is 11.9. The molecule has 3 fully saturated rings. The zero-order valence-electron chi connectivity index (χ0n) is 20.1. The van der Waals surface area contributed by atoms with Crippen LogP contribution in [0.1, 0.15) is 46.5 Å². The average Bonchev–Trinajstić information content (AvgIpc) is 3.41. The van der Waals surface area contributed by atoms with Gasteiger partial charge in [0.2, 0.25) is 17.7 Å². The molecule has 182 valence electrons. The molecule has 0 bridgehead atoms. The quantitative estimate of drug-likeness (QED) is 0.604. The molecule has 3 rings (SSSR count). The van der Waals surface area contributed by atoms with Gasteiger partial charge in [-0.1, -0.05) is 20.8 Å². The van der Waals surface area contributed by atoms with Gasteiger partial charge in [-0.05, 0) is 24.7 Å². The lowest BCUT2D eigenvalue weighted by Gasteiger charge is -2.33. The van der Waals surface area contributed by atoms with Gasteiger partial charge in [0.15, 0.2) is 0 Å². The van der Waals surface area contributed by atoms with E-state index in [1.54, 1.807) is 4.90 Å². The predicted octanol–water partition coefficient (Wildman–Crippen LogP) is 0.478. The Balaban J connectivity index is 1.80. The molecule has 3 unspecified atom stereocenters. The van der Waals surface area contributed by atoms with Crippen LogP contribution in [0.15, 0.2) is 0 Å². The van der Waals surface area contributed by atoms with Gasteiger partial charge in [0.05, 0.1) is 12.1 Å². The fraction of sp³-hybridized carbons (Fsp3) is 0.870. The van der Waals surface area contributed by atoms with Crippen molar-refractivity contribution in [3.8, 4) is 0 Å². The molecule has 3 aliphatic heterocycles. The lowest BCUT2D eigenvalue weighted by molar-refractivity contribution is -0.146. The molecular weight excluding hydrogens is 412 g/mol. The summed E-state index contributed by atoms with van der Waals surface area (Å²) >= 11 is 0. The predicted molar refractivity (Wildman–Crippen MR) is 120 cm³/mol. The van der Waals surface area contributed by atoms with Crippen molar-refractivity contribution in [2.24, 2.45) is 5.41 Å². The lowest BCUT2D eigenvalue weighted by Crippen LogP contribution is -2.53. The highest BCUT2D eigenvalue weighted by molar-refractivity contribution is 5.89. The van der Waals surface area contributed by atoms with Gasteiger partial charge >= 0.3 is 0 Å². The van der Waals surface area contributed by atoms with Crippen LogP contribution in [0.2, 0.25) is 0 Å². The normalized spacial score (nSPS) is 26.4. The molecule has 0 spiro atoms. The Bertz CT molecular complexity index is 668. The number of nitrogens with zero attached hydrogens (tertiary/aromatic N) is 3. The number of piperazine rings is 1. The summed E-state index contributed by atoms with van der Waals surface area (Å²) in [6.07, 6.45) is 2.82. The van der Waals surface area contributed by atoms with Crippen molar-refractivity contribution in [3.63, 3.8) is 0 Å². The van der Waals surface area contributed by atoms with Crippen LogP contribution in [-0.4, -0.2) is 110 Å². The summed E-state index contributed by atoms with van der Waals surface area (Å²) in [7, 11) is 1.48. The molecule has 0 aromatic rings. The van der Waals surface area contributed by atoms with E-state index in [9.17, 15) is 14.4 Å². The Kier molecular flexibility index (Phi) is 8.52. The van der Waals surface area contributed by atoms with Crippen LogP contribution >= 0.6 is 0 Å². The van der Waals surface area contributed by atoms with Gasteiger partial charge in [0.1, 0.15) is 12.6 Å². The second-order valence-corrected chi connectivity index (χ2v) is 10.4. The molecule has 0 aliphatic carbocycles. The maximum absolute atomic E-state index is 13.4. The van der Waals surface area contributed by atoms with Crippen LogP contribution < -0.4 is 5.32 Å². The van der Waals surface area contributed by atoms with E-state index >= 15 is 0 Å². The third kappa shape index (κ3) is 6.42. The van der Waals surface area contributed by atoms with Crippen molar-refractivity contribution in [1.82, 2.24) is 20.0 Å². The number of carbonyl (C=O) groups excluding carboxylic acids is 3. The van der Waals surface area contributed by atoms with Crippen LogP contribution in [0.5, 0.6) is 0 Å². The van der Waals surface area contributed by atoms with Gasteiger partial charge in [-0.15, -0.1) is 0 Å². The van der Waals surface area contributed by atoms with Crippen LogP contribution in [0.3, 0.4) is 0 Å². The highest BCUT2D eigenvalue weighted by atomic mass is 16.5. The first kappa shape index (κ1) is 24.9. The van der Waals surface area contributed by atoms with Gasteiger partial charge in [-0.2, -0.15) is 0 Å². The van der Waals surface area contributed by atoms with E-state index in [0.717, 1.165) is 32.5 Å². The fourth-order valence-electron chi connectivity index (χ4n) is 4.87. The van der Waals surface area contributed by atoms with Crippen LogP contribution in [-0.2, 0) is 23.9 Å². The van der Waals surface area contributed by atoms with Gasteiger partial charge in [0.25, 0.3) is 0 Å². The van der Waals surface area contributed by atoms with Crippen LogP contribution in [0.25, 0.3) is 0 Å². The van der Waals surface area contributed by atoms with E-state index in [-0.39, 0.29) is 41.9 Å². The van der Waals surface area contributed by atoms with Crippen molar-refractivity contribution in [2.45, 2.75) is 64.6 Å². The molecule has 3 heterocycles. The minimum absolute atomic E-state index is 0.0185. The van der Waals surface area contributed by atoms with Gasteiger partial charge in [-0.3, -0.25) is 14.4 Å². The molecule has 1 N–H and O–H groups in total. The largest absolute Gasteiger partial charge is 0.376 e. The summed E-state index contributed by atoms with van der Waals surface area (Å²) in [5, 5.41) is 3.26. The Labute approximate surface area is 191 Å². The Morgan fingerprint density at radius 1 is 1.19 bits per heavy atom. The van der Waals surface area contributed by atoms with Crippen molar-refractivity contribution in [1.29, 1.82) is 0 Å². The molecule has 3 atom stereocenters.